The van der Waals surface area contributed by atoms with Crippen molar-refractivity contribution in [1.29, 1.82) is 0 Å². The van der Waals surface area contributed by atoms with Crippen LogP contribution in [0.1, 0.15) is 38.2 Å². The summed E-state index contributed by atoms with van der Waals surface area (Å²) in [7, 11) is -2.00. The fourth-order valence-electron chi connectivity index (χ4n) is 5.51. The molecule has 1 aliphatic heterocycles. The number of aryl methyl sites for hydroxylation is 1. The van der Waals surface area contributed by atoms with Gasteiger partial charge in [0.25, 0.3) is 5.56 Å². The van der Waals surface area contributed by atoms with Crippen molar-refractivity contribution in [3.05, 3.63) is 52.7 Å². The molecule has 4 aromatic rings. The molecule has 0 radical (unpaired) electrons. The van der Waals surface area contributed by atoms with Crippen molar-refractivity contribution in [2.75, 3.05) is 24.5 Å². The minimum atomic E-state index is -3.83. The minimum Gasteiger partial charge on any atom is -0.367 e. The van der Waals surface area contributed by atoms with Crippen molar-refractivity contribution in [2.24, 2.45) is 7.05 Å². The molecule has 1 spiro atoms. The highest BCUT2D eigenvalue weighted by molar-refractivity contribution is 7.89. The Morgan fingerprint density at radius 3 is 2.68 bits per heavy atom. The van der Waals surface area contributed by atoms with Gasteiger partial charge in [-0.2, -0.15) is 10.2 Å². The smallest absolute Gasteiger partial charge is 0.262 e. The number of fused-ring (bicyclic) bond motifs is 3. The highest BCUT2D eigenvalue weighted by Gasteiger charge is 2.46. The number of hydrogen-bond acceptors (Lipinski definition) is 7. The highest BCUT2D eigenvalue weighted by atomic mass is 32.2. The molecule has 11 nitrogen and oxygen atoms in total. The molecular formula is C25H30N8O3S. The number of benzene rings is 1. The molecular weight excluding hydrogens is 492 g/mol. The van der Waals surface area contributed by atoms with Crippen molar-refractivity contribution in [1.82, 2.24) is 34.0 Å². The molecule has 2 saturated carbocycles. The third-order valence-electron chi connectivity index (χ3n) is 8.01. The molecule has 7 rings (SSSR count). The van der Waals surface area contributed by atoms with Crippen molar-refractivity contribution < 1.29 is 8.42 Å². The third-order valence-corrected chi connectivity index (χ3v) is 9.63. The first-order valence-electron chi connectivity index (χ1n) is 12.7. The van der Waals surface area contributed by atoms with Crippen LogP contribution in [-0.2, 0) is 23.6 Å². The normalized spacial score (nSPS) is 20.2. The number of aromatic nitrogens is 5. The van der Waals surface area contributed by atoms with Crippen LogP contribution in [0.15, 0.2) is 46.5 Å². The van der Waals surface area contributed by atoms with E-state index in [4.69, 9.17) is 0 Å². The van der Waals surface area contributed by atoms with Gasteiger partial charge in [0.1, 0.15) is 11.2 Å². The molecule has 37 heavy (non-hydrogen) atoms. The predicted molar refractivity (Wildman–Crippen MR) is 139 cm³/mol. The molecule has 2 aliphatic carbocycles. The quantitative estimate of drug-likeness (QED) is 0.391. The summed E-state index contributed by atoms with van der Waals surface area (Å²) in [5.74, 6) is 0. The second kappa shape index (κ2) is 7.65. The molecule has 0 amide bonds. The maximum atomic E-state index is 14.1. The summed E-state index contributed by atoms with van der Waals surface area (Å²) in [6.07, 6.45) is 9.07. The van der Waals surface area contributed by atoms with Gasteiger partial charge in [0.15, 0.2) is 0 Å². The first-order chi connectivity index (χ1) is 17.7. The number of hydrogen-bond donors (Lipinski definition) is 2. The molecule has 1 aromatic carbocycles. The van der Waals surface area contributed by atoms with E-state index in [0.717, 1.165) is 50.0 Å². The lowest BCUT2D eigenvalue weighted by Crippen LogP contribution is -2.52. The lowest BCUT2D eigenvalue weighted by atomic mass is 10.1. The van der Waals surface area contributed by atoms with E-state index in [1.807, 2.05) is 26.2 Å². The fourth-order valence-corrected chi connectivity index (χ4v) is 7.02. The van der Waals surface area contributed by atoms with Crippen LogP contribution in [0, 0.1) is 0 Å². The molecule has 0 atom stereocenters. The van der Waals surface area contributed by atoms with E-state index in [2.05, 4.69) is 25.1 Å². The van der Waals surface area contributed by atoms with Crippen LogP contribution >= 0.6 is 0 Å². The minimum absolute atomic E-state index is 0.0672. The lowest BCUT2D eigenvalue weighted by molar-refractivity contribution is 0.442. The molecule has 3 aromatic heterocycles. The largest absolute Gasteiger partial charge is 0.367 e. The zero-order valence-electron chi connectivity index (χ0n) is 20.9. The Labute approximate surface area is 214 Å². The summed E-state index contributed by atoms with van der Waals surface area (Å²) >= 11 is 0. The van der Waals surface area contributed by atoms with E-state index in [9.17, 15) is 13.2 Å². The molecule has 12 heteroatoms. The molecule has 194 valence electrons. The summed E-state index contributed by atoms with van der Waals surface area (Å²) in [5, 5.41) is 12.8. The van der Waals surface area contributed by atoms with Crippen LogP contribution in [0.4, 0.5) is 5.69 Å². The SMILES string of the molecule is Cn1cc(Cn2c(=O)c3cc(S(=O)(=O)NC4(C)CC4)cc(N4CCNC5(CC5)C4)c3n3nccc23)cn1. The van der Waals surface area contributed by atoms with Gasteiger partial charge in [-0.15, -0.1) is 0 Å². The van der Waals surface area contributed by atoms with Crippen molar-refractivity contribution in [3.63, 3.8) is 0 Å². The van der Waals surface area contributed by atoms with E-state index < -0.39 is 15.6 Å². The lowest BCUT2D eigenvalue weighted by Gasteiger charge is -2.36. The van der Waals surface area contributed by atoms with Gasteiger partial charge < -0.3 is 10.2 Å². The summed E-state index contributed by atoms with van der Waals surface area (Å²) in [4.78, 5) is 16.4. The van der Waals surface area contributed by atoms with Gasteiger partial charge in [-0.1, -0.05) is 0 Å². The van der Waals surface area contributed by atoms with Gasteiger partial charge in [0, 0.05) is 55.6 Å². The number of piperazine rings is 1. The van der Waals surface area contributed by atoms with Gasteiger partial charge in [-0.3, -0.25) is 14.0 Å². The second-order valence-corrected chi connectivity index (χ2v) is 12.8. The number of nitrogens with one attached hydrogen (secondary N) is 2. The summed E-state index contributed by atoms with van der Waals surface area (Å²) in [5.41, 5.74) is 2.28. The Bertz CT molecular complexity index is 1730. The van der Waals surface area contributed by atoms with Crippen LogP contribution in [0.25, 0.3) is 16.6 Å². The van der Waals surface area contributed by atoms with Crippen LogP contribution in [0.3, 0.4) is 0 Å². The Morgan fingerprint density at radius 2 is 1.97 bits per heavy atom. The van der Waals surface area contributed by atoms with E-state index in [0.29, 0.717) is 29.6 Å². The molecule has 0 bridgehead atoms. The Hall–Kier alpha value is -3.22. The first kappa shape index (κ1) is 22.9. The molecule has 3 aliphatic rings. The Kier molecular flexibility index (Phi) is 4.74. The summed E-state index contributed by atoms with van der Waals surface area (Å²) in [6.45, 7) is 4.49. The van der Waals surface area contributed by atoms with Gasteiger partial charge in [-0.25, -0.2) is 17.7 Å². The Morgan fingerprint density at radius 1 is 1.16 bits per heavy atom. The topological polar surface area (TPSA) is 119 Å². The number of rotatable bonds is 6. The fraction of sp³-hybridized carbons (Fsp3) is 0.480. The molecule has 1 saturated heterocycles. The average molecular weight is 523 g/mol. The zero-order chi connectivity index (χ0) is 25.6. The van der Waals surface area contributed by atoms with Crippen molar-refractivity contribution >= 4 is 32.3 Å². The average Bonchev–Trinajstić information content (AvgIpc) is 3.64. The van der Waals surface area contributed by atoms with E-state index in [1.54, 1.807) is 32.2 Å². The maximum Gasteiger partial charge on any atom is 0.262 e. The molecule has 2 N–H and O–H groups in total. The van der Waals surface area contributed by atoms with Gasteiger partial charge in [-0.05, 0) is 44.7 Å². The predicted octanol–water partition coefficient (Wildman–Crippen LogP) is 1.20. The van der Waals surface area contributed by atoms with Gasteiger partial charge in [0.05, 0.1) is 34.9 Å². The highest BCUT2D eigenvalue weighted by Crippen LogP contribution is 2.41. The zero-order valence-corrected chi connectivity index (χ0v) is 21.8. The third kappa shape index (κ3) is 3.85. The first-order valence-corrected chi connectivity index (χ1v) is 14.2. The monoisotopic (exact) mass is 522 g/mol. The number of sulfonamides is 1. The maximum absolute atomic E-state index is 14.1. The van der Waals surface area contributed by atoms with Crippen LogP contribution in [0.5, 0.6) is 0 Å². The number of nitrogens with zero attached hydrogens (tertiary/aromatic N) is 6. The number of anilines is 1. The standard InChI is InChI=1S/C25H30N8O3S/c1-24(4-5-24)29-37(35,36)18-11-19-22(20(12-18)31-10-9-26-25(16-31)6-7-25)33-21(3-8-27-33)32(23(19)34)15-17-13-28-30(2)14-17/h3,8,11-14,26,29H,4-7,9-10,15-16H2,1-2H3. The molecule has 3 fully saturated rings. The van der Waals surface area contributed by atoms with Crippen LogP contribution < -0.4 is 20.5 Å². The molecule has 0 unspecified atom stereocenters. The van der Waals surface area contributed by atoms with Crippen molar-refractivity contribution in [2.45, 2.75) is 55.1 Å². The van der Waals surface area contributed by atoms with Crippen molar-refractivity contribution in [3.8, 4) is 0 Å². The van der Waals surface area contributed by atoms with E-state index in [-0.39, 0.29) is 16.0 Å². The van der Waals surface area contributed by atoms with Crippen LogP contribution in [0.2, 0.25) is 0 Å². The van der Waals surface area contributed by atoms with Gasteiger partial charge in [0.2, 0.25) is 10.0 Å². The summed E-state index contributed by atoms with van der Waals surface area (Å²) in [6, 6.07) is 5.07. The van der Waals surface area contributed by atoms with Gasteiger partial charge >= 0.3 is 0 Å². The van der Waals surface area contributed by atoms with Crippen LogP contribution in [-0.4, -0.2) is 63.1 Å². The second-order valence-electron chi connectivity index (χ2n) is 11.1. The van der Waals surface area contributed by atoms with E-state index >= 15 is 0 Å². The van der Waals surface area contributed by atoms with E-state index in [1.165, 1.54) is 6.07 Å². The summed E-state index contributed by atoms with van der Waals surface area (Å²) < 4.78 is 35.0. The molecule has 4 heterocycles. The Balaban J connectivity index is 1.47.